The zero-order valence-corrected chi connectivity index (χ0v) is 12.3. The van der Waals surface area contributed by atoms with Gasteiger partial charge in [0.05, 0.1) is 11.8 Å². The molecule has 0 bridgehead atoms. The first kappa shape index (κ1) is 16.1. The fraction of sp³-hybridized carbons (Fsp3) is 0. The molecule has 4 amide bonds. The monoisotopic (exact) mass is 345 g/mol. The Balaban J connectivity index is 1.98. The Morgan fingerprint density at radius 1 is 1.12 bits per heavy atom. The average Bonchev–Trinajstić information content (AvgIpc) is 3.02. The summed E-state index contributed by atoms with van der Waals surface area (Å²) in [7, 11) is 0. The molecule has 0 aliphatic carbocycles. The number of furan rings is 1. The molecule has 0 atom stereocenters. The maximum absolute atomic E-state index is 13.0. The molecule has 1 aliphatic heterocycles. The molecule has 0 spiro atoms. The summed E-state index contributed by atoms with van der Waals surface area (Å²) in [6, 6.07) is 5.74. The lowest BCUT2D eigenvalue weighted by molar-refractivity contribution is -0.402. The smallest absolute Gasteiger partial charge is 0.401 e. The number of benzene rings is 1. The number of nitro groups is 1. The van der Waals surface area contributed by atoms with E-state index in [4.69, 9.17) is 4.42 Å². The molecule has 25 heavy (non-hydrogen) atoms. The minimum atomic E-state index is -0.996. The quantitative estimate of drug-likeness (QED) is 0.393. The number of rotatable bonds is 3. The highest BCUT2D eigenvalue weighted by molar-refractivity contribution is 6.39. The second-order valence-corrected chi connectivity index (χ2v) is 4.87. The predicted octanol–water partition coefficient (Wildman–Crippen LogP) is 1.99. The van der Waals surface area contributed by atoms with Gasteiger partial charge in [-0.1, -0.05) is 0 Å². The number of imide groups is 2. The SMILES string of the molecule is O=C1NC(=O)N(c2ccc(F)cc2)C(=O)/C1=C\c1ccc([N+](=O)[O-])o1. The zero-order valence-electron chi connectivity index (χ0n) is 12.3. The van der Waals surface area contributed by atoms with Crippen LogP contribution in [0.2, 0.25) is 0 Å². The summed E-state index contributed by atoms with van der Waals surface area (Å²) in [6.45, 7) is 0. The third kappa shape index (κ3) is 3.00. The van der Waals surface area contributed by atoms with Crippen molar-refractivity contribution in [1.29, 1.82) is 0 Å². The van der Waals surface area contributed by atoms with Gasteiger partial charge in [0.1, 0.15) is 22.1 Å². The highest BCUT2D eigenvalue weighted by Crippen LogP contribution is 2.23. The van der Waals surface area contributed by atoms with Gasteiger partial charge in [0.2, 0.25) is 0 Å². The molecular weight excluding hydrogens is 337 g/mol. The largest absolute Gasteiger partial charge is 0.433 e. The first-order chi connectivity index (χ1) is 11.9. The van der Waals surface area contributed by atoms with Crippen molar-refractivity contribution in [3.63, 3.8) is 0 Å². The van der Waals surface area contributed by atoms with E-state index in [9.17, 15) is 28.9 Å². The third-order valence-electron chi connectivity index (χ3n) is 3.27. The Morgan fingerprint density at radius 3 is 2.40 bits per heavy atom. The number of nitrogens with zero attached hydrogens (tertiary/aromatic N) is 2. The van der Waals surface area contributed by atoms with Crippen LogP contribution in [0.25, 0.3) is 6.08 Å². The Morgan fingerprint density at radius 2 is 1.80 bits per heavy atom. The van der Waals surface area contributed by atoms with Crippen molar-refractivity contribution in [3.8, 4) is 0 Å². The van der Waals surface area contributed by atoms with Crippen molar-refractivity contribution in [2.75, 3.05) is 4.90 Å². The molecular formula is C15H8FN3O6. The first-order valence-corrected chi connectivity index (χ1v) is 6.78. The van der Waals surface area contributed by atoms with Crippen molar-refractivity contribution < 1.29 is 28.1 Å². The second kappa shape index (κ2) is 6.00. The van der Waals surface area contributed by atoms with Gasteiger partial charge in [-0.15, -0.1) is 0 Å². The van der Waals surface area contributed by atoms with E-state index < -0.39 is 40.0 Å². The first-order valence-electron chi connectivity index (χ1n) is 6.78. The van der Waals surface area contributed by atoms with Gasteiger partial charge in [0.15, 0.2) is 0 Å². The number of nitrogens with one attached hydrogen (secondary N) is 1. The van der Waals surface area contributed by atoms with E-state index in [2.05, 4.69) is 0 Å². The Bertz CT molecular complexity index is 931. The molecule has 2 heterocycles. The second-order valence-electron chi connectivity index (χ2n) is 4.87. The van der Waals surface area contributed by atoms with Crippen LogP contribution in [0.5, 0.6) is 0 Å². The molecule has 1 aliphatic rings. The van der Waals surface area contributed by atoms with Crippen LogP contribution >= 0.6 is 0 Å². The number of hydrogen-bond donors (Lipinski definition) is 1. The number of carbonyl (C=O) groups is 3. The van der Waals surface area contributed by atoms with E-state index >= 15 is 0 Å². The Labute approximate surface area is 138 Å². The highest BCUT2D eigenvalue weighted by Gasteiger charge is 2.37. The van der Waals surface area contributed by atoms with Crippen molar-refractivity contribution in [1.82, 2.24) is 5.32 Å². The number of barbiturate groups is 1. The van der Waals surface area contributed by atoms with Crippen LogP contribution in [-0.4, -0.2) is 22.8 Å². The number of carbonyl (C=O) groups excluding carboxylic acids is 3. The minimum Gasteiger partial charge on any atom is -0.401 e. The average molecular weight is 345 g/mol. The van der Waals surface area contributed by atoms with Crippen LogP contribution in [0, 0.1) is 15.9 Å². The predicted molar refractivity (Wildman–Crippen MR) is 80.8 cm³/mol. The number of hydrogen-bond acceptors (Lipinski definition) is 6. The Hall–Kier alpha value is -3.82. The van der Waals surface area contributed by atoms with Crippen LogP contribution in [0.1, 0.15) is 5.76 Å². The van der Waals surface area contributed by atoms with Gasteiger partial charge in [-0.3, -0.25) is 25.0 Å². The summed E-state index contributed by atoms with van der Waals surface area (Å²) in [6.07, 6.45) is 0.980. The third-order valence-corrected chi connectivity index (χ3v) is 3.27. The van der Waals surface area contributed by atoms with E-state index in [1.807, 2.05) is 5.32 Å². The normalized spacial score (nSPS) is 16.3. The van der Waals surface area contributed by atoms with E-state index in [0.717, 1.165) is 24.3 Å². The van der Waals surface area contributed by atoms with Crippen LogP contribution in [0.4, 0.5) is 20.8 Å². The zero-order chi connectivity index (χ0) is 18.1. The van der Waals surface area contributed by atoms with E-state index in [0.29, 0.717) is 4.90 Å². The standard InChI is InChI=1S/C15H8FN3O6/c16-8-1-3-9(4-2-8)18-14(21)11(13(20)17-15(18)22)7-10-5-6-12(25-10)19(23)24/h1-7H,(H,17,20,22)/b11-7-. The maximum atomic E-state index is 13.0. The number of amides is 4. The molecule has 1 saturated heterocycles. The van der Waals surface area contributed by atoms with Crippen LogP contribution in [0.3, 0.4) is 0 Å². The van der Waals surface area contributed by atoms with Gasteiger partial charge in [0.25, 0.3) is 11.8 Å². The maximum Gasteiger partial charge on any atom is 0.433 e. The van der Waals surface area contributed by atoms with E-state index in [-0.39, 0.29) is 11.4 Å². The highest BCUT2D eigenvalue weighted by atomic mass is 19.1. The molecule has 0 radical (unpaired) electrons. The van der Waals surface area contributed by atoms with Gasteiger partial charge in [0, 0.05) is 0 Å². The number of urea groups is 1. The summed E-state index contributed by atoms with van der Waals surface area (Å²) in [5.74, 6) is -3.20. The topological polar surface area (TPSA) is 123 Å². The van der Waals surface area contributed by atoms with Gasteiger partial charge in [-0.25, -0.2) is 14.1 Å². The molecule has 1 N–H and O–H groups in total. The summed E-state index contributed by atoms with van der Waals surface area (Å²) in [5, 5.41) is 12.6. The van der Waals surface area contributed by atoms with Crippen LogP contribution in [-0.2, 0) is 9.59 Å². The lowest BCUT2D eigenvalue weighted by Crippen LogP contribution is -2.54. The fourth-order valence-corrected chi connectivity index (χ4v) is 2.14. The summed E-state index contributed by atoms with van der Waals surface area (Å²) >= 11 is 0. The molecule has 1 aromatic heterocycles. The molecule has 9 nitrogen and oxygen atoms in total. The lowest BCUT2D eigenvalue weighted by Gasteiger charge is -2.26. The molecule has 0 saturated carbocycles. The number of halogens is 1. The lowest BCUT2D eigenvalue weighted by atomic mass is 10.1. The molecule has 10 heteroatoms. The molecule has 2 aromatic rings. The molecule has 0 unspecified atom stereocenters. The fourth-order valence-electron chi connectivity index (χ4n) is 2.14. The number of anilines is 1. The van der Waals surface area contributed by atoms with Crippen molar-refractivity contribution in [2.45, 2.75) is 0 Å². The van der Waals surface area contributed by atoms with E-state index in [1.165, 1.54) is 18.2 Å². The van der Waals surface area contributed by atoms with Crippen molar-refractivity contribution in [3.05, 3.63) is 63.7 Å². The van der Waals surface area contributed by atoms with Gasteiger partial charge < -0.3 is 4.42 Å². The summed E-state index contributed by atoms with van der Waals surface area (Å²) < 4.78 is 17.9. The molecule has 3 rings (SSSR count). The van der Waals surface area contributed by atoms with Crippen molar-refractivity contribution in [2.24, 2.45) is 0 Å². The van der Waals surface area contributed by atoms with Crippen LogP contribution in [0.15, 0.2) is 46.4 Å². The minimum absolute atomic E-state index is 0.0488. The summed E-state index contributed by atoms with van der Waals surface area (Å²) in [5.41, 5.74) is -0.416. The Kier molecular flexibility index (Phi) is 3.85. The van der Waals surface area contributed by atoms with E-state index in [1.54, 1.807) is 0 Å². The van der Waals surface area contributed by atoms with Gasteiger partial charge in [-0.2, -0.15) is 0 Å². The molecule has 126 valence electrons. The van der Waals surface area contributed by atoms with Crippen molar-refractivity contribution >= 4 is 35.5 Å². The molecule has 1 fully saturated rings. The van der Waals surface area contributed by atoms with Crippen LogP contribution < -0.4 is 10.2 Å². The summed E-state index contributed by atoms with van der Waals surface area (Å²) in [4.78, 5) is 46.8. The molecule has 1 aromatic carbocycles. The van der Waals surface area contributed by atoms with Gasteiger partial charge >= 0.3 is 11.9 Å². The van der Waals surface area contributed by atoms with Gasteiger partial charge in [-0.05, 0) is 36.4 Å².